The van der Waals surface area contributed by atoms with Crippen molar-refractivity contribution in [2.75, 3.05) is 13.2 Å². The lowest BCUT2D eigenvalue weighted by atomic mass is 9.99. The summed E-state index contributed by atoms with van der Waals surface area (Å²) in [4.78, 5) is 86.3. The van der Waals surface area contributed by atoms with Crippen molar-refractivity contribution >= 4 is 41.0 Å². The highest BCUT2D eigenvalue weighted by Gasteiger charge is 2.35. The highest BCUT2D eigenvalue weighted by Crippen LogP contribution is 2.13. The van der Waals surface area contributed by atoms with E-state index in [1.54, 1.807) is 0 Å². The van der Waals surface area contributed by atoms with Crippen LogP contribution in [0.25, 0.3) is 0 Å². The number of nitrogens with two attached hydrogens (primary N) is 1. The van der Waals surface area contributed by atoms with Crippen LogP contribution >= 0.6 is 0 Å². The van der Waals surface area contributed by atoms with Crippen LogP contribution in [0, 0.1) is 5.92 Å². The summed E-state index contributed by atoms with van der Waals surface area (Å²) in [7, 11) is 0. The maximum Gasteiger partial charge on any atom is 0.322 e. The zero-order valence-electron chi connectivity index (χ0n) is 33.1. The second-order valence-electron chi connectivity index (χ2n) is 14.0. The molecule has 0 saturated carbocycles. The molecule has 0 aliphatic rings. The number of amides is 3. The van der Waals surface area contributed by atoms with Gasteiger partial charge in [-0.05, 0) is 58.4 Å². The standard InChI is InChI=1S/C38H62N8O10/c1-7-23(3)41-24(4)29(19-27-14-9-8-10-15-27)42-37(54)22(2)13-11-12-18-40-33(51)17-16-28(38(55)56)43-45-31(21-47)35(52)36(53)34(26(6)49)46-44-30(25(5)48)20-32(39)50/h8-10,14-15,22-23,26,28-31,34,41,43-47,49H,4,7,11-13,16-21H2,1-3,5-6H3,(H2,39,50)(H,40,51)(H,42,54)(H,55,56)/t22?,23?,26-,28?,29?,30+,31+,34+/m1/s1. The van der Waals surface area contributed by atoms with Gasteiger partial charge in [0.1, 0.15) is 23.9 Å². The van der Waals surface area contributed by atoms with E-state index in [-0.39, 0.29) is 36.8 Å². The van der Waals surface area contributed by atoms with Gasteiger partial charge in [-0.25, -0.2) is 21.7 Å². The Morgan fingerprint density at radius 2 is 1.45 bits per heavy atom. The Kier molecular flexibility index (Phi) is 23.2. The quantitative estimate of drug-likeness (QED) is 0.0245. The first-order valence-electron chi connectivity index (χ1n) is 18.9. The number of ketones is 3. The molecule has 1 aromatic carbocycles. The number of hydrazine groups is 2. The molecule has 0 saturated heterocycles. The van der Waals surface area contributed by atoms with Crippen molar-refractivity contribution in [2.45, 2.75) is 128 Å². The van der Waals surface area contributed by atoms with Crippen molar-refractivity contribution in [1.82, 2.24) is 37.7 Å². The number of unbranched alkanes of at least 4 members (excludes halogenated alkanes) is 1. The van der Waals surface area contributed by atoms with E-state index in [0.29, 0.717) is 32.2 Å². The Morgan fingerprint density at radius 1 is 0.821 bits per heavy atom. The number of hydrogen-bond donors (Lipinski definition) is 11. The van der Waals surface area contributed by atoms with Crippen LogP contribution in [0.15, 0.2) is 42.6 Å². The van der Waals surface area contributed by atoms with Crippen LogP contribution < -0.4 is 43.4 Å². The Morgan fingerprint density at radius 3 is 2.00 bits per heavy atom. The number of primary amides is 1. The lowest BCUT2D eigenvalue weighted by Gasteiger charge is -2.26. The van der Waals surface area contributed by atoms with Gasteiger partial charge in [-0.1, -0.05) is 57.2 Å². The Bertz CT molecular complexity index is 1460. The average molecular weight is 791 g/mol. The fourth-order valence-corrected chi connectivity index (χ4v) is 5.31. The molecule has 0 bridgehead atoms. The van der Waals surface area contributed by atoms with Crippen LogP contribution in [0.3, 0.4) is 0 Å². The van der Waals surface area contributed by atoms with Gasteiger partial charge in [-0.15, -0.1) is 0 Å². The Labute approximate surface area is 328 Å². The number of nitrogens with one attached hydrogen (secondary N) is 7. The SMILES string of the molecule is C=C(NC(C)CC)C(Cc1ccccc1)NC(=O)C(C)CCCCNC(=O)CCC(NN[C@@H](CO)C(=O)C(=O)[C@@H](NN[C@@H](CC(N)=O)C(C)=O)[C@@H](C)O)C(=O)O. The highest BCUT2D eigenvalue weighted by atomic mass is 16.4. The minimum Gasteiger partial charge on any atom is -0.480 e. The van der Waals surface area contributed by atoms with E-state index in [1.807, 2.05) is 37.3 Å². The van der Waals surface area contributed by atoms with Crippen LogP contribution in [-0.2, 0) is 40.0 Å². The minimum absolute atomic E-state index is 0.103. The van der Waals surface area contributed by atoms with Crippen LogP contribution in [-0.4, -0.2) is 112 Å². The molecule has 18 nitrogen and oxygen atoms in total. The number of aliphatic hydroxyl groups is 2. The number of carboxylic acids is 1. The number of hydrogen-bond acceptors (Lipinski definition) is 14. The molecule has 18 heteroatoms. The van der Waals surface area contributed by atoms with Gasteiger partial charge < -0.3 is 37.0 Å². The maximum atomic E-state index is 13.1. The number of aliphatic carboxylic acids is 1. The van der Waals surface area contributed by atoms with Crippen molar-refractivity contribution in [1.29, 1.82) is 0 Å². The molecule has 4 unspecified atom stereocenters. The molecule has 3 amide bonds. The molecule has 12 N–H and O–H groups in total. The summed E-state index contributed by atoms with van der Waals surface area (Å²) in [5, 5.41) is 38.8. The van der Waals surface area contributed by atoms with E-state index in [2.05, 4.69) is 58.1 Å². The first kappa shape index (κ1) is 49.4. The number of aliphatic hydroxyl groups excluding tert-OH is 2. The summed E-state index contributed by atoms with van der Waals surface area (Å²) in [5.74, 6) is -6.00. The van der Waals surface area contributed by atoms with Gasteiger partial charge in [0.25, 0.3) is 0 Å². The van der Waals surface area contributed by atoms with Gasteiger partial charge in [0.05, 0.1) is 31.2 Å². The topological polar surface area (TPSA) is 290 Å². The fraction of sp³-hybridized carbons (Fsp3) is 0.605. The third kappa shape index (κ3) is 18.8. The zero-order valence-corrected chi connectivity index (χ0v) is 33.1. The molecular formula is C38H62N8O10. The van der Waals surface area contributed by atoms with Crippen LogP contribution in [0.4, 0.5) is 0 Å². The Balaban J connectivity index is 2.59. The molecule has 56 heavy (non-hydrogen) atoms. The van der Waals surface area contributed by atoms with Crippen molar-refractivity contribution in [3.63, 3.8) is 0 Å². The third-order valence-electron chi connectivity index (χ3n) is 9.10. The summed E-state index contributed by atoms with van der Waals surface area (Å²) in [5.41, 5.74) is 16.4. The monoisotopic (exact) mass is 790 g/mol. The predicted octanol–water partition coefficient (Wildman–Crippen LogP) is -0.958. The molecular weight excluding hydrogens is 728 g/mol. The molecule has 0 aliphatic carbocycles. The van der Waals surface area contributed by atoms with Gasteiger partial charge >= 0.3 is 5.97 Å². The maximum absolute atomic E-state index is 13.1. The van der Waals surface area contributed by atoms with E-state index in [9.17, 15) is 48.9 Å². The summed E-state index contributed by atoms with van der Waals surface area (Å²) < 4.78 is 0. The number of carbonyl (C=O) groups is 7. The van der Waals surface area contributed by atoms with E-state index in [0.717, 1.165) is 24.6 Å². The molecule has 1 aromatic rings. The second kappa shape index (κ2) is 26.3. The van der Waals surface area contributed by atoms with E-state index >= 15 is 0 Å². The van der Waals surface area contributed by atoms with E-state index in [4.69, 9.17) is 5.73 Å². The van der Waals surface area contributed by atoms with Gasteiger partial charge in [-0.3, -0.25) is 33.6 Å². The van der Waals surface area contributed by atoms with Crippen LogP contribution in [0.2, 0.25) is 0 Å². The first-order chi connectivity index (χ1) is 26.4. The molecule has 314 valence electrons. The molecule has 0 aliphatic heterocycles. The number of carboxylic acid groups (broad SMARTS) is 1. The normalized spacial score (nSPS) is 15.5. The molecule has 0 fully saturated rings. The van der Waals surface area contributed by atoms with Gasteiger partial charge in [0.15, 0.2) is 0 Å². The number of rotatable bonds is 31. The van der Waals surface area contributed by atoms with Gasteiger partial charge in [-0.2, -0.15) is 0 Å². The van der Waals surface area contributed by atoms with Gasteiger partial charge in [0.2, 0.25) is 29.3 Å². The molecule has 0 aromatic heterocycles. The predicted molar refractivity (Wildman–Crippen MR) is 208 cm³/mol. The van der Waals surface area contributed by atoms with E-state index in [1.165, 1.54) is 6.92 Å². The second-order valence-corrected chi connectivity index (χ2v) is 14.0. The molecule has 1 rings (SSSR count). The van der Waals surface area contributed by atoms with Crippen molar-refractivity contribution < 1.29 is 48.9 Å². The molecule has 0 heterocycles. The largest absolute Gasteiger partial charge is 0.480 e. The zero-order chi connectivity index (χ0) is 42.4. The Hall–Kier alpha value is -4.59. The first-order valence-corrected chi connectivity index (χ1v) is 18.9. The minimum atomic E-state index is -1.64. The van der Waals surface area contributed by atoms with Crippen molar-refractivity contribution in [3.05, 3.63) is 48.2 Å². The number of carbonyl (C=O) groups excluding carboxylic acids is 6. The van der Waals surface area contributed by atoms with E-state index < -0.39 is 78.4 Å². The third-order valence-corrected chi connectivity index (χ3v) is 9.10. The summed E-state index contributed by atoms with van der Waals surface area (Å²) in [6.07, 6.45) is 0.960. The lowest BCUT2D eigenvalue weighted by Crippen LogP contribution is -2.61. The average Bonchev–Trinajstić information content (AvgIpc) is 3.14. The van der Waals surface area contributed by atoms with Crippen LogP contribution in [0.5, 0.6) is 0 Å². The molecule has 0 spiro atoms. The summed E-state index contributed by atoms with van der Waals surface area (Å²) in [6.45, 7) is 11.8. The van der Waals surface area contributed by atoms with Crippen molar-refractivity contribution in [3.8, 4) is 0 Å². The highest BCUT2D eigenvalue weighted by molar-refractivity contribution is 6.41. The lowest BCUT2D eigenvalue weighted by molar-refractivity contribution is -0.142. The summed E-state index contributed by atoms with van der Waals surface area (Å²) >= 11 is 0. The smallest absolute Gasteiger partial charge is 0.322 e. The fourth-order valence-electron chi connectivity index (χ4n) is 5.31. The molecule has 0 radical (unpaired) electrons. The number of benzene rings is 1. The summed E-state index contributed by atoms with van der Waals surface area (Å²) in [6, 6.07) is 3.92. The number of Topliss-reactive ketones (excluding diaryl/α,β-unsaturated/α-hetero) is 3. The van der Waals surface area contributed by atoms with Gasteiger partial charge in [0, 0.05) is 30.6 Å². The van der Waals surface area contributed by atoms with Crippen molar-refractivity contribution in [2.24, 2.45) is 11.7 Å². The van der Waals surface area contributed by atoms with Crippen LogP contribution in [0.1, 0.15) is 85.1 Å². The molecule has 8 atom stereocenters.